The predicted octanol–water partition coefficient (Wildman–Crippen LogP) is 3.04. The molecule has 0 aromatic heterocycles. The molecule has 0 saturated carbocycles. The Morgan fingerprint density at radius 3 is 2.23 bits per heavy atom. The van der Waals surface area contributed by atoms with E-state index in [1.165, 1.54) is 39.7 Å². The zero-order chi connectivity index (χ0) is 18.1. The topological polar surface area (TPSA) is 40.6 Å². The van der Waals surface area contributed by atoms with Crippen molar-refractivity contribution in [2.45, 2.75) is 36.7 Å². The number of halogens is 1. The molecule has 4 rings (SSSR count). The standard InChI is InChI=1S/C20H23FN2O2S/c21-18-5-7-20(8-6-18)26(24,25)23-13-10-19(11-14-23)22-12-9-16-3-1-2-4-17(16)15-22/h1-8,19H,9-15H2. The van der Waals surface area contributed by atoms with Crippen molar-refractivity contribution in [3.63, 3.8) is 0 Å². The molecule has 0 atom stereocenters. The molecule has 6 heteroatoms. The van der Waals surface area contributed by atoms with Gasteiger partial charge in [-0.05, 0) is 54.7 Å². The average molecular weight is 374 g/mol. The normalized spacial score (nSPS) is 20.0. The van der Waals surface area contributed by atoms with Gasteiger partial charge in [0.15, 0.2) is 0 Å². The highest BCUT2D eigenvalue weighted by Crippen LogP contribution is 2.27. The summed E-state index contributed by atoms with van der Waals surface area (Å²) in [7, 11) is -3.53. The van der Waals surface area contributed by atoms with E-state index in [0.717, 1.165) is 32.4 Å². The third-order valence-electron chi connectivity index (χ3n) is 5.55. The van der Waals surface area contributed by atoms with E-state index in [0.29, 0.717) is 19.1 Å². The van der Waals surface area contributed by atoms with Crippen molar-refractivity contribution in [2.24, 2.45) is 0 Å². The summed E-state index contributed by atoms with van der Waals surface area (Å²) in [4.78, 5) is 2.66. The van der Waals surface area contributed by atoms with Crippen LogP contribution in [0.2, 0.25) is 0 Å². The van der Waals surface area contributed by atoms with Crippen LogP contribution < -0.4 is 0 Å². The first-order valence-electron chi connectivity index (χ1n) is 9.10. The van der Waals surface area contributed by atoms with Crippen molar-refractivity contribution in [3.8, 4) is 0 Å². The molecule has 26 heavy (non-hydrogen) atoms. The minimum atomic E-state index is -3.53. The smallest absolute Gasteiger partial charge is 0.243 e. The predicted molar refractivity (Wildman–Crippen MR) is 98.7 cm³/mol. The summed E-state index contributed by atoms with van der Waals surface area (Å²) in [6.07, 6.45) is 2.73. The van der Waals surface area contributed by atoms with Gasteiger partial charge in [0.05, 0.1) is 4.90 Å². The number of benzene rings is 2. The summed E-state index contributed by atoms with van der Waals surface area (Å²) in [6, 6.07) is 14.1. The van der Waals surface area contributed by atoms with Crippen LogP contribution in [0.1, 0.15) is 24.0 Å². The quantitative estimate of drug-likeness (QED) is 0.829. The van der Waals surface area contributed by atoms with Crippen LogP contribution >= 0.6 is 0 Å². The fourth-order valence-corrected chi connectivity index (χ4v) is 5.50. The van der Waals surface area contributed by atoms with Crippen LogP contribution in [-0.2, 0) is 23.0 Å². The fraction of sp³-hybridized carbons (Fsp3) is 0.400. The van der Waals surface area contributed by atoms with Crippen LogP contribution in [0.5, 0.6) is 0 Å². The maximum Gasteiger partial charge on any atom is 0.243 e. The lowest BCUT2D eigenvalue weighted by Gasteiger charge is -2.40. The van der Waals surface area contributed by atoms with Crippen molar-refractivity contribution in [2.75, 3.05) is 19.6 Å². The zero-order valence-corrected chi connectivity index (χ0v) is 15.5. The first-order valence-corrected chi connectivity index (χ1v) is 10.5. The van der Waals surface area contributed by atoms with Gasteiger partial charge in [0.1, 0.15) is 5.82 Å². The summed E-state index contributed by atoms with van der Waals surface area (Å²) in [6.45, 7) is 3.02. The highest BCUT2D eigenvalue weighted by Gasteiger charge is 2.32. The van der Waals surface area contributed by atoms with E-state index in [1.54, 1.807) is 0 Å². The van der Waals surface area contributed by atoms with Crippen LogP contribution in [0.3, 0.4) is 0 Å². The lowest BCUT2D eigenvalue weighted by atomic mass is 9.96. The third kappa shape index (κ3) is 3.41. The van der Waals surface area contributed by atoms with Crippen LogP contribution in [0, 0.1) is 5.82 Å². The van der Waals surface area contributed by atoms with Crippen molar-refractivity contribution in [3.05, 3.63) is 65.5 Å². The van der Waals surface area contributed by atoms with Gasteiger partial charge in [-0.15, -0.1) is 0 Å². The van der Waals surface area contributed by atoms with Gasteiger partial charge in [-0.2, -0.15) is 4.31 Å². The molecule has 0 unspecified atom stereocenters. The molecule has 0 amide bonds. The summed E-state index contributed by atoms with van der Waals surface area (Å²) in [5, 5.41) is 0. The molecule has 1 fully saturated rings. The first kappa shape index (κ1) is 17.6. The summed E-state index contributed by atoms with van der Waals surface area (Å²) < 4.78 is 40.1. The van der Waals surface area contributed by atoms with Crippen molar-refractivity contribution < 1.29 is 12.8 Å². The molecule has 4 nitrogen and oxygen atoms in total. The highest BCUT2D eigenvalue weighted by atomic mass is 32.2. The van der Waals surface area contributed by atoms with Crippen molar-refractivity contribution in [1.29, 1.82) is 0 Å². The average Bonchev–Trinajstić information content (AvgIpc) is 2.68. The molecule has 0 aliphatic carbocycles. The van der Waals surface area contributed by atoms with E-state index in [-0.39, 0.29) is 4.90 Å². The van der Waals surface area contributed by atoms with Crippen molar-refractivity contribution in [1.82, 2.24) is 9.21 Å². The summed E-state index contributed by atoms with van der Waals surface area (Å²) in [5.74, 6) is -0.423. The SMILES string of the molecule is O=S(=O)(c1ccc(F)cc1)N1CCC(N2CCc3ccccc3C2)CC1. The third-order valence-corrected chi connectivity index (χ3v) is 7.46. The van der Waals surface area contributed by atoms with Gasteiger partial charge in [0.2, 0.25) is 10.0 Å². The van der Waals surface area contributed by atoms with Gasteiger partial charge in [-0.1, -0.05) is 24.3 Å². The summed E-state index contributed by atoms with van der Waals surface area (Å²) in [5.41, 5.74) is 2.82. The van der Waals surface area contributed by atoms with Crippen LogP contribution in [0.25, 0.3) is 0 Å². The van der Waals surface area contributed by atoms with Gasteiger partial charge in [0.25, 0.3) is 0 Å². The molecule has 0 N–H and O–H groups in total. The largest absolute Gasteiger partial charge is 0.296 e. The molecular formula is C20H23FN2O2S. The lowest BCUT2D eigenvalue weighted by Crippen LogP contribution is -2.48. The molecule has 2 aliphatic heterocycles. The Bertz CT molecular complexity index is 875. The molecule has 0 bridgehead atoms. The number of sulfonamides is 1. The molecular weight excluding hydrogens is 351 g/mol. The first-order chi connectivity index (χ1) is 12.5. The Kier molecular flexibility index (Phi) is 4.82. The Hall–Kier alpha value is -1.76. The maximum absolute atomic E-state index is 13.1. The Labute approximate surface area is 154 Å². The Morgan fingerprint density at radius 1 is 0.885 bits per heavy atom. The second-order valence-corrected chi connectivity index (χ2v) is 9.02. The van der Waals surface area contributed by atoms with E-state index >= 15 is 0 Å². The number of hydrogen-bond donors (Lipinski definition) is 0. The minimum Gasteiger partial charge on any atom is -0.296 e. The van der Waals surface area contributed by atoms with E-state index < -0.39 is 15.8 Å². The van der Waals surface area contributed by atoms with Gasteiger partial charge >= 0.3 is 0 Å². The molecule has 2 heterocycles. The van der Waals surface area contributed by atoms with Crippen LogP contribution in [-0.4, -0.2) is 43.3 Å². The number of rotatable bonds is 3. The number of fused-ring (bicyclic) bond motifs is 1. The lowest BCUT2D eigenvalue weighted by molar-refractivity contribution is 0.126. The molecule has 1 saturated heterocycles. The number of piperidine rings is 1. The van der Waals surface area contributed by atoms with E-state index in [4.69, 9.17) is 0 Å². The molecule has 2 aliphatic rings. The molecule has 2 aromatic carbocycles. The Balaban J connectivity index is 1.41. The molecule has 0 radical (unpaired) electrons. The van der Waals surface area contributed by atoms with Crippen LogP contribution in [0.15, 0.2) is 53.4 Å². The molecule has 138 valence electrons. The number of hydrogen-bond acceptors (Lipinski definition) is 3. The fourth-order valence-electron chi connectivity index (χ4n) is 4.03. The van der Waals surface area contributed by atoms with Crippen molar-refractivity contribution >= 4 is 10.0 Å². The second-order valence-electron chi connectivity index (χ2n) is 7.08. The van der Waals surface area contributed by atoms with Crippen LogP contribution in [0.4, 0.5) is 4.39 Å². The van der Waals surface area contributed by atoms with Gasteiger partial charge in [-0.25, -0.2) is 12.8 Å². The van der Waals surface area contributed by atoms with Gasteiger partial charge < -0.3 is 0 Å². The monoisotopic (exact) mass is 374 g/mol. The van der Waals surface area contributed by atoms with E-state index in [9.17, 15) is 12.8 Å². The van der Waals surface area contributed by atoms with Gasteiger partial charge in [0, 0.05) is 32.2 Å². The minimum absolute atomic E-state index is 0.171. The van der Waals surface area contributed by atoms with E-state index in [1.807, 2.05) is 0 Å². The second kappa shape index (κ2) is 7.10. The number of nitrogens with zero attached hydrogens (tertiary/aromatic N) is 2. The zero-order valence-electron chi connectivity index (χ0n) is 14.6. The highest BCUT2D eigenvalue weighted by molar-refractivity contribution is 7.89. The Morgan fingerprint density at radius 2 is 1.54 bits per heavy atom. The van der Waals surface area contributed by atoms with Gasteiger partial charge in [-0.3, -0.25) is 4.90 Å². The summed E-state index contributed by atoms with van der Waals surface area (Å²) >= 11 is 0. The molecule has 0 spiro atoms. The maximum atomic E-state index is 13.1. The van der Waals surface area contributed by atoms with E-state index in [2.05, 4.69) is 29.2 Å². The molecule has 2 aromatic rings.